The highest BCUT2D eigenvalue weighted by Crippen LogP contribution is 2.32. The first-order chi connectivity index (χ1) is 8.77. The van der Waals surface area contributed by atoms with Gasteiger partial charge < -0.3 is 15.0 Å². The molecular weight excluding hydrogens is 228 g/mol. The second kappa shape index (κ2) is 4.37. The van der Waals surface area contributed by atoms with E-state index in [2.05, 4.69) is 5.32 Å². The van der Waals surface area contributed by atoms with Crippen molar-refractivity contribution in [2.75, 3.05) is 6.54 Å². The minimum atomic E-state index is -0.292. The molecule has 0 aliphatic carbocycles. The van der Waals surface area contributed by atoms with E-state index in [0.29, 0.717) is 0 Å². The molecule has 3 rings (SSSR count). The van der Waals surface area contributed by atoms with Crippen LogP contribution < -0.4 is 5.32 Å². The van der Waals surface area contributed by atoms with Crippen LogP contribution in [0.4, 0.5) is 0 Å². The van der Waals surface area contributed by atoms with Crippen molar-refractivity contribution in [3.05, 3.63) is 30.5 Å². The van der Waals surface area contributed by atoms with Crippen LogP contribution in [0.3, 0.4) is 0 Å². The van der Waals surface area contributed by atoms with E-state index in [0.717, 1.165) is 36.6 Å². The molecule has 1 fully saturated rings. The number of carbonyl (C=O) groups excluding carboxylic acids is 1. The zero-order valence-corrected chi connectivity index (χ0v) is 10.1. The van der Waals surface area contributed by atoms with Gasteiger partial charge in [-0.2, -0.15) is 0 Å². The van der Waals surface area contributed by atoms with E-state index >= 15 is 0 Å². The lowest BCUT2D eigenvalue weighted by Gasteiger charge is -2.16. The molecule has 1 aromatic carbocycles. The Balaban J connectivity index is 2.07. The van der Waals surface area contributed by atoms with Crippen LogP contribution in [0.2, 0.25) is 0 Å². The molecular formula is C14H16N2O2. The van der Waals surface area contributed by atoms with Crippen LogP contribution in [0, 0.1) is 0 Å². The summed E-state index contributed by atoms with van der Waals surface area (Å²) in [5.41, 5.74) is 0. The van der Waals surface area contributed by atoms with Gasteiger partial charge in [-0.15, -0.1) is 0 Å². The molecule has 2 N–H and O–H groups in total. The molecule has 1 aromatic heterocycles. The summed E-state index contributed by atoms with van der Waals surface area (Å²) in [4.78, 5) is 12.0. The van der Waals surface area contributed by atoms with Crippen molar-refractivity contribution in [3.8, 4) is 5.88 Å². The Morgan fingerprint density at radius 3 is 2.94 bits per heavy atom. The van der Waals surface area contributed by atoms with Gasteiger partial charge in [-0.3, -0.25) is 4.79 Å². The van der Waals surface area contributed by atoms with Crippen molar-refractivity contribution in [2.24, 2.45) is 0 Å². The van der Waals surface area contributed by atoms with E-state index in [1.807, 2.05) is 30.5 Å². The zero-order chi connectivity index (χ0) is 12.5. The average Bonchev–Trinajstić information content (AvgIpc) is 2.57. The maximum atomic E-state index is 12.0. The van der Waals surface area contributed by atoms with Crippen LogP contribution in [0.15, 0.2) is 30.5 Å². The van der Waals surface area contributed by atoms with Gasteiger partial charge in [0.05, 0.1) is 0 Å². The largest absolute Gasteiger partial charge is 0.494 e. The molecule has 94 valence electrons. The first-order valence-corrected chi connectivity index (χ1v) is 6.33. The number of hydrogen-bond donors (Lipinski definition) is 2. The van der Waals surface area contributed by atoms with Gasteiger partial charge in [0.1, 0.15) is 6.04 Å². The van der Waals surface area contributed by atoms with Crippen LogP contribution in [-0.4, -0.2) is 22.1 Å². The number of hydrogen-bond acceptors (Lipinski definition) is 2. The lowest BCUT2D eigenvalue weighted by atomic mass is 10.1. The Morgan fingerprint density at radius 2 is 2.11 bits per heavy atom. The third kappa shape index (κ3) is 1.74. The summed E-state index contributed by atoms with van der Waals surface area (Å²) in [6.45, 7) is 0.733. The molecule has 0 saturated carbocycles. The Kier molecular flexibility index (Phi) is 2.70. The number of amides is 1. The zero-order valence-electron chi connectivity index (χ0n) is 10.1. The molecule has 1 atom stereocenters. The van der Waals surface area contributed by atoms with Crippen molar-refractivity contribution in [3.63, 3.8) is 0 Å². The molecule has 1 aliphatic heterocycles. The number of nitrogens with one attached hydrogen (secondary N) is 1. The fourth-order valence-electron chi connectivity index (χ4n) is 2.59. The summed E-state index contributed by atoms with van der Waals surface area (Å²) >= 11 is 0. The van der Waals surface area contributed by atoms with Gasteiger partial charge in [0.2, 0.25) is 5.91 Å². The minimum absolute atomic E-state index is 0.00288. The molecule has 0 unspecified atom stereocenters. The number of aromatic nitrogens is 1. The highest BCUT2D eigenvalue weighted by molar-refractivity contribution is 5.89. The summed E-state index contributed by atoms with van der Waals surface area (Å²) in [6, 6.07) is 7.34. The van der Waals surface area contributed by atoms with Gasteiger partial charge in [0, 0.05) is 23.5 Å². The average molecular weight is 244 g/mol. The number of nitrogens with zero attached hydrogens (tertiary/aromatic N) is 1. The first-order valence-electron chi connectivity index (χ1n) is 6.33. The van der Waals surface area contributed by atoms with E-state index in [4.69, 9.17) is 0 Å². The van der Waals surface area contributed by atoms with E-state index in [1.165, 1.54) is 0 Å². The van der Waals surface area contributed by atoms with E-state index in [-0.39, 0.29) is 17.8 Å². The molecule has 0 spiro atoms. The van der Waals surface area contributed by atoms with Crippen LogP contribution in [0.1, 0.15) is 25.3 Å². The topological polar surface area (TPSA) is 54.3 Å². The predicted molar refractivity (Wildman–Crippen MR) is 69.5 cm³/mol. The quantitative estimate of drug-likeness (QED) is 0.808. The minimum Gasteiger partial charge on any atom is -0.494 e. The fraction of sp³-hybridized carbons (Fsp3) is 0.357. The number of aromatic hydroxyl groups is 1. The van der Waals surface area contributed by atoms with Crippen molar-refractivity contribution in [1.82, 2.24) is 9.88 Å². The lowest BCUT2D eigenvalue weighted by molar-refractivity contribution is -0.124. The maximum Gasteiger partial charge on any atom is 0.243 e. The Bertz CT molecular complexity index is 588. The fourth-order valence-corrected chi connectivity index (χ4v) is 2.59. The van der Waals surface area contributed by atoms with Crippen molar-refractivity contribution in [2.45, 2.75) is 25.3 Å². The van der Waals surface area contributed by atoms with Crippen LogP contribution >= 0.6 is 0 Å². The van der Waals surface area contributed by atoms with E-state index in [9.17, 15) is 9.90 Å². The molecule has 1 aliphatic rings. The predicted octanol–water partition coefficient (Wildman–Crippen LogP) is 2.19. The van der Waals surface area contributed by atoms with Crippen molar-refractivity contribution < 1.29 is 9.90 Å². The monoisotopic (exact) mass is 244 g/mol. The van der Waals surface area contributed by atoms with Crippen LogP contribution in [-0.2, 0) is 4.79 Å². The van der Waals surface area contributed by atoms with Gasteiger partial charge in [-0.05, 0) is 25.3 Å². The first kappa shape index (κ1) is 11.1. The second-order valence-electron chi connectivity index (χ2n) is 4.75. The smallest absolute Gasteiger partial charge is 0.243 e. The van der Waals surface area contributed by atoms with Gasteiger partial charge in [-0.25, -0.2) is 0 Å². The number of fused-ring (bicyclic) bond motifs is 1. The molecule has 4 heteroatoms. The highest BCUT2D eigenvalue weighted by atomic mass is 16.3. The molecule has 4 nitrogen and oxygen atoms in total. The third-order valence-electron chi connectivity index (χ3n) is 3.57. The molecule has 0 bridgehead atoms. The van der Waals surface area contributed by atoms with E-state index in [1.54, 1.807) is 4.57 Å². The Morgan fingerprint density at radius 1 is 1.28 bits per heavy atom. The standard InChI is InChI=1S/C14H16N2O2/c17-13-12(7-3-4-8-15-13)16-9-10-5-1-2-6-11(10)14(16)18/h1-2,5-6,9,12,18H,3-4,7-8H2,(H,15,17)/t12-/m0/s1. The highest BCUT2D eigenvalue weighted by Gasteiger charge is 2.24. The lowest BCUT2D eigenvalue weighted by Crippen LogP contribution is -2.30. The SMILES string of the molecule is O=C1NCCCC[C@@H]1n1cc2ccccc2c1O. The van der Waals surface area contributed by atoms with Gasteiger partial charge in [0.15, 0.2) is 5.88 Å². The molecule has 1 saturated heterocycles. The second-order valence-corrected chi connectivity index (χ2v) is 4.75. The Hall–Kier alpha value is -1.97. The van der Waals surface area contributed by atoms with Crippen LogP contribution in [0.25, 0.3) is 10.8 Å². The van der Waals surface area contributed by atoms with Crippen molar-refractivity contribution in [1.29, 1.82) is 0 Å². The molecule has 18 heavy (non-hydrogen) atoms. The van der Waals surface area contributed by atoms with Crippen LogP contribution in [0.5, 0.6) is 5.88 Å². The van der Waals surface area contributed by atoms with Crippen molar-refractivity contribution >= 4 is 16.7 Å². The maximum absolute atomic E-state index is 12.0. The molecule has 1 amide bonds. The summed E-state index contributed by atoms with van der Waals surface area (Å²) in [6.07, 6.45) is 4.64. The number of carbonyl (C=O) groups is 1. The van der Waals surface area contributed by atoms with Gasteiger partial charge >= 0.3 is 0 Å². The summed E-state index contributed by atoms with van der Waals surface area (Å²) < 4.78 is 1.70. The third-order valence-corrected chi connectivity index (χ3v) is 3.57. The number of rotatable bonds is 1. The molecule has 2 heterocycles. The molecule has 2 aromatic rings. The van der Waals surface area contributed by atoms with Gasteiger partial charge in [-0.1, -0.05) is 18.2 Å². The normalized spacial score (nSPS) is 20.7. The summed E-state index contributed by atoms with van der Waals surface area (Å²) in [7, 11) is 0. The summed E-state index contributed by atoms with van der Waals surface area (Å²) in [5, 5.41) is 14.9. The summed E-state index contributed by atoms with van der Waals surface area (Å²) in [5.74, 6) is 0.191. The Labute approximate surface area is 105 Å². The number of benzene rings is 1. The molecule has 0 radical (unpaired) electrons. The van der Waals surface area contributed by atoms with E-state index < -0.39 is 0 Å². The van der Waals surface area contributed by atoms with Gasteiger partial charge in [0.25, 0.3) is 0 Å².